The molecular formula is C110H90N10O10. The van der Waals surface area contributed by atoms with Crippen molar-refractivity contribution in [1.82, 2.24) is 24.9 Å². The van der Waals surface area contributed by atoms with Gasteiger partial charge in [-0.3, -0.25) is 24.0 Å². The first-order valence-corrected chi connectivity index (χ1v) is 42.1. The van der Waals surface area contributed by atoms with Crippen LogP contribution in [0, 0.1) is 0 Å². The molecule has 0 aliphatic heterocycles. The molecule has 0 bridgehead atoms. The summed E-state index contributed by atoms with van der Waals surface area (Å²) in [6.07, 6.45) is 0.829. The predicted molar refractivity (Wildman–Crippen MR) is 521 cm³/mol. The van der Waals surface area contributed by atoms with Crippen molar-refractivity contribution in [3.8, 4) is 85.0 Å². The van der Waals surface area contributed by atoms with Gasteiger partial charge < -0.3 is 76.7 Å². The molecule has 20 nitrogen and oxygen atoms in total. The van der Waals surface area contributed by atoms with Crippen LogP contribution in [0.15, 0.2) is 394 Å². The van der Waals surface area contributed by atoms with Crippen molar-refractivity contribution in [1.29, 1.82) is 0 Å². The van der Waals surface area contributed by atoms with Crippen LogP contribution in [0.25, 0.3) is 111 Å². The lowest BCUT2D eigenvalue weighted by Crippen LogP contribution is -2.15. The lowest BCUT2D eigenvalue weighted by atomic mass is 10.1. The highest BCUT2D eigenvalue weighted by Crippen LogP contribution is 2.38. The summed E-state index contributed by atoms with van der Waals surface area (Å²) in [6, 6.07) is 124. The van der Waals surface area contributed by atoms with Crippen molar-refractivity contribution >= 4 is 112 Å². The van der Waals surface area contributed by atoms with Crippen molar-refractivity contribution in [3.63, 3.8) is 0 Å². The normalized spacial score (nSPS) is 10.7. The lowest BCUT2D eigenvalue weighted by Gasteiger charge is -2.11. The SMILES string of the molecule is COc1ccccc1CC(=O)Nc1ccccc1-c1cc2ccccc2[nH]1.O=C(Cc1ccc(O)c(O)c1)Nc1ccccc1-c1cc2ccccc2[nH]1.O=C(Cc1ccccc1)Nc1ccccc1-c1cc2ccccc2[nH]1.O=C(Cc1ccccc1O)Nc1ccccc1-c1cc2ccccc2[nH]1.O=C(Nc1ccccc1-c1cc2ccccc2[nH]1)c1ccccc1O. The van der Waals surface area contributed by atoms with E-state index in [1.807, 2.05) is 273 Å². The maximum absolute atomic E-state index is 12.6. The van der Waals surface area contributed by atoms with Crippen molar-refractivity contribution < 1.29 is 49.1 Å². The Hall–Kier alpha value is -17.7. The number of hydrogen-bond acceptors (Lipinski definition) is 10. The van der Waals surface area contributed by atoms with Gasteiger partial charge in [0.25, 0.3) is 5.91 Å². The largest absolute Gasteiger partial charge is 0.508 e. The summed E-state index contributed by atoms with van der Waals surface area (Å²) >= 11 is 0. The molecule has 5 aromatic heterocycles. The fraction of sp³-hybridized carbons (Fsp3) is 0.0455. The summed E-state index contributed by atoms with van der Waals surface area (Å²) in [4.78, 5) is 79.5. The number of benzene rings is 15. The number of nitrogens with one attached hydrogen (secondary N) is 10. The Labute approximate surface area is 748 Å². The van der Waals surface area contributed by atoms with E-state index in [4.69, 9.17) is 4.74 Å². The van der Waals surface area contributed by atoms with Gasteiger partial charge in [0.2, 0.25) is 23.6 Å². The summed E-state index contributed by atoms with van der Waals surface area (Å²) in [6.45, 7) is 0. The van der Waals surface area contributed by atoms with Gasteiger partial charge in [0, 0.05) is 122 Å². The number of fused-ring (bicyclic) bond motifs is 5. The minimum Gasteiger partial charge on any atom is -0.508 e. The molecule has 5 heterocycles. The number of aromatic nitrogens is 5. The van der Waals surface area contributed by atoms with Crippen LogP contribution < -0.4 is 31.3 Å². The first-order valence-electron chi connectivity index (χ1n) is 42.1. The second-order valence-corrected chi connectivity index (χ2v) is 30.7. The van der Waals surface area contributed by atoms with Gasteiger partial charge in [-0.2, -0.15) is 0 Å². The van der Waals surface area contributed by atoms with E-state index in [-0.39, 0.29) is 77.4 Å². The molecule has 20 rings (SSSR count). The van der Waals surface area contributed by atoms with E-state index in [9.17, 15) is 44.4 Å². The highest BCUT2D eigenvalue weighted by molar-refractivity contribution is 6.09. The molecule has 0 radical (unpaired) electrons. The number of rotatable bonds is 20. The van der Waals surface area contributed by atoms with Gasteiger partial charge in [0.1, 0.15) is 17.2 Å². The first-order chi connectivity index (χ1) is 63.6. The van der Waals surface area contributed by atoms with Crippen LogP contribution in [0.1, 0.15) is 32.6 Å². The van der Waals surface area contributed by atoms with Crippen LogP contribution in [0.2, 0.25) is 0 Å². The topological polar surface area (TPSA) is 315 Å². The molecule has 0 saturated heterocycles. The standard InChI is InChI=1S/C23H20N2O2.C22H18N2O3.C22H18N2O2.C22H18N2O.C21H16N2O2/c1-27-22-13-7-3-9-17(22)15-23(26)25-20-12-6-4-10-18(20)21-14-16-8-2-5-11-19(16)24-21;25-20-10-9-14(11-21(20)26)12-22(27)24-18-8-4-2-6-16(18)19-13-15-5-1-3-7-17(15)23-19;25-21-12-6-2-8-16(21)14-22(26)24-19-11-5-3-9-17(19)20-13-15-7-1-4-10-18(15)23-20;25-22(14-16-8-2-1-3-9-16)24-20-13-7-5-11-18(20)21-15-17-10-4-6-12-19(17)23-21;24-20-12-6-3-9-16(20)21(25)23-18-11-5-2-8-15(18)19-13-14-7-1-4-10-17(14)22-19/h2-14,24H,15H2,1H3,(H,25,26);1-11,13,23,25-26H,12H2,(H,24,27);1-13,23,25H,14H2,(H,24,26);1-13,15,23H,14H2,(H,24,25);1-13,22,24H,(H,23,25). The molecule has 640 valence electrons. The van der Waals surface area contributed by atoms with Crippen LogP contribution in [-0.2, 0) is 44.9 Å². The lowest BCUT2D eigenvalue weighted by molar-refractivity contribution is -0.116. The third kappa shape index (κ3) is 21.4. The zero-order valence-electron chi connectivity index (χ0n) is 70.6. The number of phenolic OH excluding ortho intramolecular Hbond substituents is 4. The molecule has 0 fully saturated rings. The summed E-state index contributed by atoms with van der Waals surface area (Å²) in [7, 11) is 1.61. The average molecular weight is 1710 g/mol. The Morgan fingerprint density at radius 3 is 0.900 bits per heavy atom. The molecule has 0 unspecified atom stereocenters. The van der Waals surface area contributed by atoms with E-state index in [0.29, 0.717) is 28.9 Å². The quantitative estimate of drug-likeness (QED) is 0.0320. The molecule has 130 heavy (non-hydrogen) atoms. The zero-order valence-corrected chi connectivity index (χ0v) is 70.6. The summed E-state index contributed by atoms with van der Waals surface area (Å²) in [5.41, 5.74) is 21.8. The third-order valence-corrected chi connectivity index (χ3v) is 21.7. The molecule has 20 heteroatoms. The van der Waals surface area contributed by atoms with E-state index in [2.05, 4.69) is 106 Å². The molecular weight excluding hydrogens is 1620 g/mol. The Bertz CT molecular complexity index is 7260. The fourth-order valence-corrected chi connectivity index (χ4v) is 15.4. The van der Waals surface area contributed by atoms with Crippen molar-refractivity contribution in [2.45, 2.75) is 25.7 Å². The number of H-pyrrole nitrogens is 5. The van der Waals surface area contributed by atoms with Gasteiger partial charge in [-0.15, -0.1) is 0 Å². The second kappa shape index (κ2) is 40.8. The van der Waals surface area contributed by atoms with E-state index in [0.717, 1.165) is 145 Å². The van der Waals surface area contributed by atoms with E-state index >= 15 is 0 Å². The summed E-state index contributed by atoms with van der Waals surface area (Å²) in [5, 5.41) is 59.2. The van der Waals surface area contributed by atoms with Crippen molar-refractivity contribution in [2.75, 3.05) is 33.7 Å². The number of anilines is 5. The van der Waals surface area contributed by atoms with Gasteiger partial charge in [-0.25, -0.2) is 0 Å². The number of aromatic amines is 5. The summed E-state index contributed by atoms with van der Waals surface area (Å²) in [5.74, 6) is -0.452. The Morgan fingerprint density at radius 2 is 0.538 bits per heavy atom. The molecule has 0 atom stereocenters. The number of aromatic hydroxyl groups is 4. The number of hydrogen-bond donors (Lipinski definition) is 14. The smallest absolute Gasteiger partial charge is 0.259 e. The molecule has 0 saturated carbocycles. The van der Waals surface area contributed by atoms with Gasteiger partial charge in [0.15, 0.2) is 11.5 Å². The van der Waals surface area contributed by atoms with Crippen LogP contribution >= 0.6 is 0 Å². The molecule has 0 aliphatic rings. The van der Waals surface area contributed by atoms with Gasteiger partial charge in [-0.1, -0.05) is 267 Å². The minimum absolute atomic E-state index is 0.0187. The zero-order chi connectivity index (χ0) is 89.7. The van der Waals surface area contributed by atoms with Crippen LogP contribution in [0.5, 0.6) is 28.7 Å². The van der Waals surface area contributed by atoms with Gasteiger partial charge >= 0.3 is 0 Å². The van der Waals surface area contributed by atoms with Crippen LogP contribution in [-0.4, -0.2) is 82.0 Å². The Morgan fingerprint density at radius 1 is 0.246 bits per heavy atom. The van der Waals surface area contributed by atoms with Gasteiger partial charge in [0.05, 0.1) is 66.8 Å². The highest BCUT2D eigenvalue weighted by Gasteiger charge is 2.20. The maximum Gasteiger partial charge on any atom is 0.259 e. The highest BCUT2D eigenvalue weighted by atomic mass is 16.5. The van der Waals surface area contributed by atoms with Crippen LogP contribution in [0.4, 0.5) is 28.4 Å². The van der Waals surface area contributed by atoms with E-state index in [1.54, 1.807) is 55.6 Å². The van der Waals surface area contributed by atoms with Crippen molar-refractivity contribution in [2.24, 2.45) is 0 Å². The van der Waals surface area contributed by atoms with Crippen molar-refractivity contribution in [3.05, 3.63) is 422 Å². The molecule has 0 spiro atoms. The Kier molecular flexibility index (Phi) is 26.9. The number of carbonyl (C=O) groups is 5. The fourth-order valence-electron chi connectivity index (χ4n) is 15.4. The number of amides is 5. The first kappa shape index (κ1) is 85.9. The summed E-state index contributed by atoms with van der Waals surface area (Å²) < 4.78 is 5.34. The predicted octanol–water partition coefficient (Wildman–Crippen LogP) is 24.0. The molecule has 5 amide bonds. The minimum atomic E-state index is -0.346. The van der Waals surface area contributed by atoms with E-state index < -0.39 is 0 Å². The average Bonchev–Trinajstić information content (AvgIpc) is 1.65. The van der Waals surface area contributed by atoms with E-state index in [1.165, 1.54) is 18.2 Å². The molecule has 15 aromatic carbocycles. The number of carbonyl (C=O) groups excluding carboxylic acids is 5. The molecule has 0 aliphatic carbocycles. The third-order valence-electron chi connectivity index (χ3n) is 21.7. The molecule has 14 N–H and O–H groups in total. The number of ether oxygens (including phenoxy) is 1. The van der Waals surface area contributed by atoms with Gasteiger partial charge in [-0.05, 0) is 139 Å². The number of phenols is 4. The number of para-hydroxylation sites is 13. The van der Waals surface area contributed by atoms with Crippen LogP contribution in [0.3, 0.4) is 0 Å². The monoisotopic (exact) mass is 1710 g/mol. The Balaban J connectivity index is 0.000000119. The second-order valence-electron chi connectivity index (χ2n) is 30.7. The number of methoxy groups -OCH3 is 1. The maximum atomic E-state index is 12.6. The molecule has 20 aromatic rings.